The summed E-state index contributed by atoms with van der Waals surface area (Å²) in [6.07, 6.45) is 0. The van der Waals surface area contributed by atoms with E-state index < -0.39 is 5.97 Å². The molecule has 0 aliphatic rings. The van der Waals surface area contributed by atoms with Crippen LogP contribution in [0.1, 0.15) is 63.7 Å². The molecule has 4 nitrogen and oxygen atoms in total. The Morgan fingerprint density at radius 3 is 1.61 bits per heavy atom. The Kier molecular flexibility index (Phi) is 8.08. The molecule has 0 radical (unpaired) electrons. The van der Waals surface area contributed by atoms with Crippen molar-refractivity contribution in [2.75, 3.05) is 7.11 Å². The van der Waals surface area contributed by atoms with Crippen molar-refractivity contribution in [3.63, 3.8) is 0 Å². The molecule has 4 aromatic carbocycles. The van der Waals surface area contributed by atoms with E-state index in [-0.39, 0.29) is 11.2 Å². The summed E-state index contributed by atoms with van der Waals surface area (Å²) in [6, 6.07) is 27.1. The monoisotopic (exact) mass is 524 g/mol. The Balaban J connectivity index is 1.44. The van der Waals surface area contributed by atoms with Crippen molar-refractivity contribution in [2.24, 2.45) is 0 Å². The summed E-state index contributed by atoms with van der Waals surface area (Å²) in [6.45, 7) is 9.93. The van der Waals surface area contributed by atoms with Crippen LogP contribution in [0.4, 0.5) is 0 Å². The van der Waals surface area contributed by atoms with E-state index in [1.807, 2.05) is 68.4 Å². The summed E-state index contributed by atoms with van der Waals surface area (Å²) in [4.78, 5) is 26.3. The number of carbonyl (C=O) groups is 2. The minimum atomic E-state index is -0.395. The molecule has 4 aromatic rings. The second kappa shape index (κ2) is 11.3. The van der Waals surface area contributed by atoms with Crippen molar-refractivity contribution in [3.8, 4) is 11.5 Å². The van der Waals surface area contributed by atoms with E-state index in [1.165, 1.54) is 5.56 Å². The second-order valence-electron chi connectivity index (χ2n) is 9.89. The zero-order valence-electron chi connectivity index (χ0n) is 22.6. The highest BCUT2D eigenvalue weighted by Crippen LogP contribution is 2.36. The number of ketones is 1. The first-order valence-electron chi connectivity index (χ1n) is 12.5. The van der Waals surface area contributed by atoms with Crippen LogP contribution in [0.15, 0.2) is 94.7 Å². The van der Waals surface area contributed by atoms with Crippen LogP contribution in [-0.2, 0) is 5.41 Å². The van der Waals surface area contributed by atoms with Gasteiger partial charge in [0.15, 0.2) is 5.78 Å². The van der Waals surface area contributed by atoms with E-state index in [4.69, 9.17) is 9.47 Å². The van der Waals surface area contributed by atoms with E-state index in [0.29, 0.717) is 16.9 Å². The Hall–Kier alpha value is -3.83. The Morgan fingerprint density at radius 2 is 1.16 bits per heavy atom. The van der Waals surface area contributed by atoms with E-state index >= 15 is 0 Å². The number of esters is 1. The van der Waals surface area contributed by atoms with Gasteiger partial charge in [-0.25, -0.2) is 4.79 Å². The summed E-state index contributed by atoms with van der Waals surface area (Å²) in [5.74, 6) is 1.07. The predicted molar refractivity (Wildman–Crippen MR) is 153 cm³/mol. The predicted octanol–water partition coefficient (Wildman–Crippen LogP) is 8.21. The third-order valence-electron chi connectivity index (χ3n) is 6.80. The summed E-state index contributed by atoms with van der Waals surface area (Å²) < 4.78 is 11.2. The SMILES string of the molecule is COc1ccc(C(C)(C)c2ccc(OC(=O)c3ccc(Sc4ccc(C(C)=O)cc4)cc3)c(C)c2)cc1C. The smallest absolute Gasteiger partial charge is 0.343 e. The molecule has 0 aliphatic carbocycles. The Labute approximate surface area is 229 Å². The largest absolute Gasteiger partial charge is 0.496 e. The van der Waals surface area contributed by atoms with Gasteiger partial charge in [-0.05, 0) is 91.6 Å². The summed E-state index contributed by atoms with van der Waals surface area (Å²) >= 11 is 1.57. The lowest BCUT2D eigenvalue weighted by molar-refractivity contribution is 0.0733. The van der Waals surface area contributed by atoms with Crippen molar-refractivity contribution < 1.29 is 19.1 Å². The first-order chi connectivity index (χ1) is 18.1. The van der Waals surface area contributed by atoms with Gasteiger partial charge in [-0.15, -0.1) is 0 Å². The lowest BCUT2D eigenvalue weighted by Crippen LogP contribution is -2.19. The molecule has 0 heterocycles. The third kappa shape index (κ3) is 6.00. The quantitative estimate of drug-likeness (QED) is 0.132. The normalized spacial score (nSPS) is 11.2. The molecular weight excluding hydrogens is 492 g/mol. The maximum absolute atomic E-state index is 12.9. The molecule has 194 valence electrons. The maximum atomic E-state index is 12.9. The summed E-state index contributed by atoms with van der Waals surface area (Å²) in [5, 5.41) is 0. The molecule has 0 unspecified atom stereocenters. The molecule has 5 heteroatoms. The van der Waals surface area contributed by atoms with Crippen molar-refractivity contribution in [3.05, 3.63) is 118 Å². The highest BCUT2D eigenvalue weighted by atomic mass is 32.2. The van der Waals surface area contributed by atoms with E-state index in [0.717, 1.165) is 32.2 Å². The Morgan fingerprint density at radius 1 is 0.684 bits per heavy atom. The molecule has 0 saturated carbocycles. The number of hydrogen-bond donors (Lipinski definition) is 0. The second-order valence-corrected chi connectivity index (χ2v) is 11.0. The number of methoxy groups -OCH3 is 1. The maximum Gasteiger partial charge on any atom is 0.343 e. The molecule has 0 aromatic heterocycles. The lowest BCUT2D eigenvalue weighted by atomic mass is 9.77. The fourth-order valence-corrected chi connectivity index (χ4v) is 5.11. The average Bonchev–Trinajstić information content (AvgIpc) is 2.90. The number of carbonyl (C=O) groups excluding carboxylic acids is 2. The summed E-state index contributed by atoms with van der Waals surface area (Å²) in [5.41, 5.74) is 5.26. The van der Waals surface area contributed by atoms with Gasteiger partial charge in [0.05, 0.1) is 12.7 Å². The van der Waals surface area contributed by atoms with Crippen LogP contribution in [0.2, 0.25) is 0 Å². The van der Waals surface area contributed by atoms with Crippen LogP contribution in [-0.4, -0.2) is 18.9 Å². The van der Waals surface area contributed by atoms with Gasteiger partial charge in [0, 0.05) is 20.8 Å². The molecular formula is C33H32O4S. The van der Waals surface area contributed by atoms with Crippen LogP contribution < -0.4 is 9.47 Å². The zero-order valence-corrected chi connectivity index (χ0v) is 23.4. The zero-order chi connectivity index (χ0) is 27.4. The van der Waals surface area contributed by atoms with Gasteiger partial charge in [-0.1, -0.05) is 62.0 Å². The van der Waals surface area contributed by atoms with Crippen LogP contribution in [0.3, 0.4) is 0 Å². The van der Waals surface area contributed by atoms with Gasteiger partial charge in [-0.3, -0.25) is 4.79 Å². The highest BCUT2D eigenvalue weighted by molar-refractivity contribution is 7.99. The molecule has 0 spiro atoms. The lowest BCUT2D eigenvalue weighted by Gasteiger charge is -2.27. The topological polar surface area (TPSA) is 52.6 Å². The van der Waals surface area contributed by atoms with Crippen LogP contribution in [0.25, 0.3) is 0 Å². The fraction of sp³-hybridized carbons (Fsp3) is 0.212. The molecule has 4 rings (SSSR count). The number of rotatable bonds is 8. The van der Waals surface area contributed by atoms with Crippen LogP contribution >= 0.6 is 11.8 Å². The molecule has 0 bridgehead atoms. The van der Waals surface area contributed by atoms with Gasteiger partial charge in [0.1, 0.15) is 11.5 Å². The van der Waals surface area contributed by atoms with Crippen molar-refractivity contribution >= 4 is 23.5 Å². The van der Waals surface area contributed by atoms with Crippen LogP contribution in [0, 0.1) is 13.8 Å². The first-order valence-corrected chi connectivity index (χ1v) is 13.3. The minimum Gasteiger partial charge on any atom is -0.496 e. The fourth-order valence-electron chi connectivity index (χ4n) is 4.30. The van der Waals surface area contributed by atoms with Gasteiger partial charge in [0.2, 0.25) is 0 Å². The molecule has 0 atom stereocenters. The number of ether oxygens (including phenoxy) is 2. The molecule has 0 fully saturated rings. The first kappa shape index (κ1) is 27.2. The Bertz CT molecular complexity index is 1470. The van der Waals surface area contributed by atoms with Gasteiger partial charge < -0.3 is 9.47 Å². The van der Waals surface area contributed by atoms with Crippen molar-refractivity contribution in [2.45, 2.75) is 49.8 Å². The molecule has 0 amide bonds. The number of benzene rings is 4. The van der Waals surface area contributed by atoms with Gasteiger partial charge in [0.25, 0.3) is 0 Å². The highest BCUT2D eigenvalue weighted by Gasteiger charge is 2.25. The van der Waals surface area contributed by atoms with Crippen molar-refractivity contribution in [1.82, 2.24) is 0 Å². The van der Waals surface area contributed by atoms with Crippen LogP contribution in [0.5, 0.6) is 11.5 Å². The minimum absolute atomic E-state index is 0.0466. The number of hydrogen-bond acceptors (Lipinski definition) is 5. The molecule has 0 saturated heterocycles. The van der Waals surface area contributed by atoms with E-state index in [2.05, 4.69) is 32.0 Å². The van der Waals surface area contributed by atoms with E-state index in [9.17, 15) is 9.59 Å². The molecule has 0 N–H and O–H groups in total. The third-order valence-corrected chi connectivity index (χ3v) is 7.82. The van der Waals surface area contributed by atoms with Gasteiger partial charge in [-0.2, -0.15) is 0 Å². The van der Waals surface area contributed by atoms with Crippen molar-refractivity contribution in [1.29, 1.82) is 0 Å². The average molecular weight is 525 g/mol. The number of Topliss-reactive ketones (excluding diaryl/α,β-unsaturated/α-hetero) is 1. The van der Waals surface area contributed by atoms with Gasteiger partial charge >= 0.3 is 5.97 Å². The molecule has 38 heavy (non-hydrogen) atoms. The molecule has 0 aliphatic heterocycles. The van der Waals surface area contributed by atoms with E-state index in [1.54, 1.807) is 37.9 Å². The summed E-state index contributed by atoms with van der Waals surface area (Å²) in [7, 11) is 1.68. The number of aryl methyl sites for hydroxylation is 2. The standard InChI is InChI=1S/C33H32O4S/c1-21-19-26(11-17-30(21)36-6)33(4,5)27-12-18-31(22(2)20-27)37-32(35)25-9-15-29(16-10-25)38-28-13-7-24(8-14-28)23(3)34/h7-20H,1-6H3.